The highest BCUT2D eigenvalue weighted by Gasteiger charge is 2.17. The predicted octanol–water partition coefficient (Wildman–Crippen LogP) is 13.9. The number of carbonyl (C=O) groups excluding carboxylic acids is 2. The first-order chi connectivity index (χ1) is 29.6. The van der Waals surface area contributed by atoms with E-state index >= 15 is 0 Å². The topological polar surface area (TPSA) is 59.1 Å². The van der Waals surface area contributed by atoms with Gasteiger partial charge in [0.15, 0.2) is 0 Å². The molecule has 0 saturated carbocycles. The molecule has 0 unspecified atom stereocenters. The molecule has 9 rings (SSSR count). The van der Waals surface area contributed by atoms with Crippen LogP contribution >= 0.6 is 0 Å². The summed E-state index contributed by atoms with van der Waals surface area (Å²) in [6, 6.07) is 75.0. The lowest BCUT2D eigenvalue weighted by Crippen LogP contribution is -2.11. The summed E-state index contributed by atoms with van der Waals surface area (Å²) in [5, 5.41) is 2.06. The zero-order chi connectivity index (χ0) is 40.7. The lowest BCUT2D eigenvalue weighted by atomic mass is 10.0. The maximum absolute atomic E-state index is 13.1. The normalized spacial score (nSPS) is 10.8. The van der Waals surface area contributed by atoms with Crippen LogP contribution in [0.5, 0.6) is 11.5 Å². The average Bonchev–Trinajstić information content (AvgIpc) is 3.31. The fourth-order valence-corrected chi connectivity index (χ4v) is 7.20. The van der Waals surface area contributed by atoms with Crippen LogP contribution in [0.25, 0.3) is 21.9 Å². The van der Waals surface area contributed by atoms with Crippen molar-refractivity contribution < 1.29 is 19.1 Å². The summed E-state index contributed by atoms with van der Waals surface area (Å²) in [5.74, 6) is 0.144. The fraction of sp³-hybridized carbons (Fsp3) is 0. The molecule has 0 heterocycles. The first-order valence-electron chi connectivity index (χ1n) is 19.6. The second-order valence-corrected chi connectivity index (χ2v) is 14.1. The first-order valence-corrected chi connectivity index (χ1v) is 19.6. The Hall–Kier alpha value is -8.22. The predicted molar refractivity (Wildman–Crippen MR) is 242 cm³/mol. The number of fused-ring (bicyclic) bond motifs is 1. The molecule has 0 aliphatic carbocycles. The largest absolute Gasteiger partial charge is 0.423 e. The molecule has 0 N–H and O–H groups in total. The van der Waals surface area contributed by atoms with Crippen LogP contribution in [0.3, 0.4) is 0 Å². The summed E-state index contributed by atoms with van der Waals surface area (Å²) >= 11 is 0. The van der Waals surface area contributed by atoms with E-state index < -0.39 is 11.9 Å². The second kappa shape index (κ2) is 17.1. The van der Waals surface area contributed by atoms with Crippen LogP contribution < -0.4 is 19.3 Å². The van der Waals surface area contributed by atoms with Gasteiger partial charge in [-0.2, -0.15) is 0 Å². The molecular weight excluding hydrogens is 741 g/mol. The van der Waals surface area contributed by atoms with Crippen molar-refractivity contribution in [3.05, 3.63) is 242 Å². The third-order valence-corrected chi connectivity index (χ3v) is 10.2. The van der Waals surface area contributed by atoms with Crippen LogP contribution in [0, 0.1) is 0 Å². The number of nitrogens with zero attached hydrogens (tertiary/aromatic N) is 2. The summed E-state index contributed by atoms with van der Waals surface area (Å²) < 4.78 is 11.4. The van der Waals surface area contributed by atoms with Gasteiger partial charge in [-0.15, -0.1) is 0 Å². The van der Waals surface area contributed by atoms with E-state index in [0.717, 1.165) is 56.0 Å². The van der Waals surface area contributed by atoms with Crippen LogP contribution in [-0.2, 0) is 0 Å². The van der Waals surface area contributed by atoms with Crippen molar-refractivity contribution >= 4 is 56.8 Å². The van der Waals surface area contributed by atoms with Gasteiger partial charge in [0.2, 0.25) is 0 Å². The van der Waals surface area contributed by atoms with Gasteiger partial charge < -0.3 is 19.3 Å². The molecule has 6 nitrogen and oxygen atoms in total. The Bertz CT molecular complexity index is 2870. The number of carbonyl (C=O) groups is 2. The number of esters is 2. The van der Waals surface area contributed by atoms with E-state index in [1.165, 1.54) is 0 Å². The summed E-state index contributed by atoms with van der Waals surface area (Å²) in [4.78, 5) is 30.1. The standard InChI is InChI=1S/C54H38N2O4/c57-53(42-13-4-1-5-14-42)59-51-34-30-49(31-35-51)55(45-16-6-2-7-17-45)47-26-22-40(23-27-47)41-24-28-48(29-25-41)56(46-18-8-3-9-19-46)50-32-36-52(37-33-50)60-54(58)44-21-20-39-12-10-11-15-43(39)38-44/h1-38H. The number of para-hydroxylation sites is 2. The number of anilines is 6. The molecule has 0 aliphatic rings. The van der Waals surface area contributed by atoms with Crippen LogP contribution in [0.2, 0.25) is 0 Å². The second-order valence-electron chi connectivity index (χ2n) is 14.1. The molecule has 0 spiro atoms. The van der Waals surface area contributed by atoms with Crippen molar-refractivity contribution in [1.29, 1.82) is 0 Å². The lowest BCUT2D eigenvalue weighted by Gasteiger charge is -2.26. The van der Waals surface area contributed by atoms with E-state index in [0.29, 0.717) is 22.6 Å². The highest BCUT2D eigenvalue weighted by Crippen LogP contribution is 2.39. The van der Waals surface area contributed by atoms with Gasteiger partial charge >= 0.3 is 11.9 Å². The summed E-state index contributed by atoms with van der Waals surface area (Å²) in [7, 11) is 0. The highest BCUT2D eigenvalue weighted by atomic mass is 16.5. The molecule has 9 aromatic carbocycles. The Balaban J connectivity index is 0.934. The van der Waals surface area contributed by atoms with E-state index in [1.54, 1.807) is 18.2 Å². The fourth-order valence-electron chi connectivity index (χ4n) is 7.20. The van der Waals surface area contributed by atoms with E-state index in [2.05, 4.69) is 82.6 Å². The minimum atomic E-state index is -0.400. The van der Waals surface area contributed by atoms with Crippen LogP contribution in [0.1, 0.15) is 20.7 Å². The van der Waals surface area contributed by atoms with Crippen molar-refractivity contribution in [2.45, 2.75) is 0 Å². The minimum Gasteiger partial charge on any atom is -0.423 e. The van der Waals surface area contributed by atoms with Gasteiger partial charge in [0.05, 0.1) is 11.1 Å². The molecule has 0 amide bonds. The van der Waals surface area contributed by atoms with Gasteiger partial charge in [-0.05, 0) is 143 Å². The third-order valence-electron chi connectivity index (χ3n) is 10.2. The van der Waals surface area contributed by atoms with Gasteiger partial charge in [0.25, 0.3) is 0 Å². The maximum atomic E-state index is 13.1. The molecular formula is C54H38N2O4. The molecule has 0 fully saturated rings. The van der Waals surface area contributed by atoms with Gasteiger partial charge in [-0.3, -0.25) is 0 Å². The van der Waals surface area contributed by atoms with Crippen LogP contribution in [0.15, 0.2) is 231 Å². The number of hydrogen-bond acceptors (Lipinski definition) is 6. The maximum Gasteiger partial charge on any atom is 0.343 e. The molecule has 6 heteroatoms. The Morgan fingerprint density at radius 2 is 0.650 bits per heavy atom. The zero-order valence-corrected chi connectivity index (χ0v) is 32.5. The molecule has 0 radical (unpaired) electrons. The molecule has 0 saturated heterocycles. The number of ether oxygens (including phenoxy) is 2. The Morgan fingerprint density at radius 1 is 0.300 bits per heavy atom. The average molecular weight is 779 g/mol. The van der Waals surface area contributed by atoms with Crippen molar-refractivity contribution in [2.75, 3.05) is 9.80 Å². The van der Waals surface area contributed by atoms with Crippen LogP contribution in [0.4, 0.5) is 34.1 Å². The smallest absolute Gasteiger partial charge is 0.343 e. The summed E-state index contributed by atoms with van der Waals surface area (Å²) in [5.41, 5.74) is 8.97. The molecule has 0 atom stereocenters. The molecule has 0 aliphatic heterocycles. The number of benzene rings is 9. The van der Waals surface area contributed by atoms with Gasteiger partial charge in [-0.25, -0.2) is 9.59 Å². The summed E-state index contributed by atoms with van der Waals surface area (Å²) in [6.07, 6.45) is 0. The minimum absolute atomic E-state index is 0.397. The monoisotopic (exact) mass is 778 g/mol. The Labute approximate surface area is 348 Å². The van der Waals surface area contributed by atoms with Gasteiger partial charge in [-0.1, -0.05) is 109 Å². The Kier molecular flexibility index (Phi) is 10.6. The van der Waals surface area contributed by atoms with Gasteiger partial charge in [0.1, 0.15) is 11.5 Å². The molecule has 0 aromatic heterocycles. The van der Waals surface area contributed by atoms with Crippen molar-refractivity contribution in [1.82, 2.24) is 0 Å². The quantitative estimate of drug-likeness (QED) is 0.0963. The van der Waals surface area contributed by atoms with E-state index in [-0.39, 0.29) is 0 Å². The van der Waals surface area contributed by atoms with Crippen molar-refractivity contribution in [3.8, 4) is 22.6 Å². The first kappa shape index (κ1) is 37.4. The van der Waals surface area contributed by atoms with Crippen molar-refractivity contribution in [2.24, 2.45) is 0 Å². The summed E-state index contributed by atoms with van der Waals surface area (Å²) in [6.45, 7) is 0. The van der Waals surface area contributed by atoms with Gasteiger partial charge in [0, 0.05) is 34.1 Å². The highest BCUT2D eigenvalue weighted by molar-refractivity contribution is 5.96. The third kappa shape index (κ3) is 8.26. The Morgan fingerprint density at radius 3 is 1.10 bits per heavy atom. The SMILES string of the molecule is O=C(Oc1ccc(N(c2ccccc2)c2ccc(-c3ccc(N(c4ccccc4)c4ccc(OC(=O)c5ccc6ccccc6c5)cc4)cc3)cc2)cc1)c1ccccc1. The van der Waals surface area contributed by atoms with E-state index in [1.807, 2.05) is 140 Å². The van der Waals surface area contributed by atoms with Crippen molar-refractivity contribution in [3.63, 3.8) is 0 Å². The van der Waals surface area contributed by atoms with E-state index in [9.17, 15) is 9.59 Å². The zero-order valence-electron chi connectivity index (χ0n) is 32.5. The van der Waals surface area contributed by atoms with Crippen LogP contribution in [-0.4, -0.2) is 11.9 Å². The molecule has 288 valence electrons. The molecule has 60 heavy (non-hydrogen) atoms. The number of hydrogen-bond donors (Lipinski definition) is 0. The molecule has 9 aromatic rings. The number of rotatable bonds is 11. The lowest BCUT2D eigenvalue weighted by molar-refractivity contribution is 0.0725. The van der Waals surface area contributed by atoms with E-state index in [4.69, 9.17) is 9.47 Å². The molecule has 0 bridgehead atoms.